The smallest absolute Gasteiger partial charge is 0.341 e. The predicted molar refractivity (Wildman–Crippen MR) is 136 cm³/mol. The summed E-state index contributed by atoms with van der Waals surface area (Å²) in [7, 11) is 0. The van der Waals surface area contributed by atoms with E-state index < -0.39 is 23.9 Å². The number of rotatable bonds is 7. The van der Waals surface area contributed by atoms with Crippen LogP contribution in [0.5, 0.6) is 0 Å². The van der Waals surface area contributed by atoms with E-state index in [1.54, 1.807) is 37.3 Å². The highest BCUT2D eigenvalue weighted by Crippen LogP contribution is 2.40. The average Bonchev–Trinajstić information content (AvgIpc) is 3.20. The Morgan fingerprint density at radius 2 is 1.86 bits per heavy atom. The number of thiophene rings is 1. The Kier molecular flexibility index (Phi) is 7.86. The molecule has 2 aliphatic carbocycles. The van der Waals surface area contributed by atoms with Crippen LogP contribution in [0.1, 0.15) is 72.5 Å². The lowest BCUT2D eigenvalue weighted by atomic mass is 9.88. The Morgan fingerprint density at radius 3 is 2.54 bits per heavy atom. The van der Waals surface area contributed by atoms with Crippen LogP contribution >= 0.6 is 11.3 Å². The van der Waals surface area contributed by atoms with Crippen LogP contribution in [0.25, 0.3) is 0 Å². The maximum atomic E-state index is 13.5. The van der Waals surface area contributed by atoms with E-state index in [1.165, 1.54) is 16.9 Å². The number of carbonyl (C=O) groups excluding carboxylic acids is 3. The van der Waals surface area contributed by atoms with Crippen molar-refractivity contribution in [3.8, 4) is 0 Å². The van der Waals surface area contributed by atoms with Gasteiger partial charge in [-0.3, -0.25) is 4.79 Å². The van der Waals surface area contributed by atoms with Gasteiger partial charge < -0.3 is 14.8 Å². The van der Waals surface area contributed by atoms with Crippen LogP contribution in [0.15, 0.2) is 53.6 Å². The number of benzene rings is 1. The molecule has 0 unspecified atom stereocenters. The molecule has 184 valence electrons. The van der Waals surface area contributed by atoms with Crippen molar-refractivity contribution < 1.29 is 23.9 Å². The number of esters is 2. The number of amides is 1. The molecule has 2 aliphatic rings. The van der Waals surface area contributed by atoms with Crippen LogP contribution in [0.4, 0.5) is 5.00 Å². The summed E-state index contributed by atoms with van der Waals surface area (Å²) < 4.78 is 11.1. The largest absolute Gasteiger partial charge is 0.462 e. The molecule has 6 nitrogen and oxygen atoms in total. The minimum Gasteiger partial charge on any atom is -0.462 e. The van der Waals surface area contributed by atoms with E-state index in [0.29, 0.717) is 34.0 Å². The van der Waals surface area contributed by atoms with Gasteiger partial charge in [0.25, 0.3) is 5.91 Å². The van der Waals surface area contributed by atoms with Gasteiger partial charge in [0.1, 0.15) is 5.00 Å². The maximum Gasteiger partial charge on any atom is 0.341 e. The van der Waals surface area contributed by atoms with E-state index in [9.17, 15) is 14.4 Å². The van der Waals surface area contributed by atoms with E-state index in [1.807, 2.05) is 19.1 Å². The highest BCUT2D eigenvalue weighted by atomic mass is 32.1. The first-order chi connectivity index (χ1) is 16.9. The number of hydrogen-bond donors (Lipinski definition) is 1. The Hall–Kier alpha value is -3.19. The third-order valence-electron chi connectivity index (χ3n) is 6.41. The number of carbonyl (C=O) groups is 3. The number of nitrogens with one attached hydrogen (secondary N) is 1. The Balaban J connectivity index is 1.63. The van der Waals surface area contributed by atoms with E-state index in [2.05, 4.69) is 12.2 Å². The molecule has 1 heterocycles. The SMILES string of the molecule is CCOC(=O)c1c(NC(=O)[C@@H](OC(=O)C2=CC=C(C)CC2)c2ccccc2)sc2c1CC[C@H](C)C2. The summed E-state index contributed by atoms with van der Waals surface area (Å²) in [4.78, 5) is 40.4. The molecule has 1 N–H and O–H groups in total. The van der Waals surface area contributed by atoms with Crippen LogP contribution in [0.3, 0.4) is 0 Å². The number of ether oxygens (including phenoxy) is 2. The standard InChI is InChI=1S/C28H31NO5S/c1-4-33-28(32)23-21-15-12-18(3)16-22(21)35-26(23)29-25(30)24(19-8-6-5-7-9-19)34-27(31)20-13-10-17(2)11-14-20/h5-10,13,18,24H,4,11-12,14-16H2,1-3H3,(H,29,30)/t18-,24-/m0/s1. The van der Waals surface area contributed by atoms with Crippen LogP contribution < -0.4 is 5.32 Å². The molecule has 0 saturated heterocycles. The summed E-state index contributed by atoms with van der Waals surface area (Å²) in [5, 5.41) is 3.36. The molecule has 0 fully saturated rings. The van der Waals surface area contributed by atoms with Crippen molar-refractivity contribution in [2.24, 2.45) is 5.92 Å². The summed E-state index contributed by atoms with van der Waals surface area (Å²) >= 11 is 1.42. The van der Waals surface area contributed by atoms with E-state index in [4.69, 9.17) is 9.47 Å². The number of anilines is 1. The number of allylic oxidation sites excluding steroid dienone is 3. The Labute approximate surface area is 210 Å². The van der Waals surface area contributed by atoms with Crippen LogP contribution in [0, 0.1) is 5.92 Å². The molecule has 1 amide bonds. The average molecular weight is 494 g/mol. The van der Waals surface area contributed by atoms with Gasteiger partial charge in [0.05, 0.1) is 12.2 Å². The lowest BCUT2D eigenvalue weighted by molar-refractivity contribution is -0.151. The van der Waals surface area contributed by atoms with Gasteiger partial charge in [-0.2, -0.15) is 0 Å². The van der Waals surface area contributed by atoms with Gasteiger partial charge in [0.2, 0.25) is 6.10 Å². The van der Waals surface area contributed by atoms with Crippen molar-refractivity contribution in [2.75, 3.05) is 11.9 Å². The van der Waals surface area contributed by atoms with Gasteiger partial charge in [-0.15, -0.1) is 11.3 Å². The summed E-state index contributed by atoms with van der Waals surface area (Å²) in [5.74, 6) is -0.926. The number of fused-ring (bicyclic) bond motifs is 1. The maximum absolute atomic E-state index is 13.5. The third kappa shape index (κ3) is 5.73. The topological polar surface area (TPSA) is 81.7 Å². The first kappa shape index (κ1) is 24.9. The first-order valence-corrected chi connectivity index (χ1v) is 12.9. The van der Waals surface area contributed by atoms with E-state index in [-0.39, 0.29) is 6.61 Å². The molecular weight excluding hydrogens is 462 g/mol. The quantitative estimate of drug-likeness (QED) is 0.483. The fraction of sp³-hybridized carbons (Fsp3) is 0.393. The van der Waals surface area contributed by atoms with Crippen LogP contribution in [-0.4, -0.2) is 24.5 Å². The molecule has 0 radical (unpaired) electrons. The van der Waals surface area contributed by atoms with Crippen LogP contribution in [-0.2, 0) is 31.9 Å². The second-order valence-electron chi connectivity index (χ2n) is 9.17. The highest BCUT2D eigenvalue weighted by Gasteiger charge is 2.32. The van der Waals surface area contributed by atoms with Crippen molar-refractivity contribution in [1.29, 1.82) is 0 Å². The minimum atomic E-state index is -1.15. The highest BCUT2D eigenvalue weighted by molar-refractivity contribution is 7.17. The molecule has 1 aromatic carbocycles. The fourth-order valence-electron chi connectivity index (χ4n) is 4.43. The van der Waals surface area contributed by atoms with Crippen molar-refractivity contribution in [2.45, 2.75) is 59.0 Å². The Bertz CT molecular complexity index is 1180. The normalized spacial score (nSPS) is 18.0. The second kappa shape index (κ2) is 11.0. The van der Waals surface area contributed by atoms with Crippen molar-refractivity contribution >= 4 is 34.2 Å². The zero-order valence-electron chi connectivity index (χ0n) is 20.4. The van der Waals surface area contributed by atoms with Gasteiger partial charge in [-0.05, 0) is 57.4 Å². The molecule has 2 aromatic rings. The van der Waals surface area contributed by atoms with Crippen molar-refractivity contribution in [3.05, 3.63) is 75.2 Å². The van der Waals surface area contributed by atoms with E-state index in [0.717, 1.165) is 36.1 Å². The monoisotopic (exact) mass is 493 g/mol. The van der Waals surface area contributed by atoms with Crippen LogP contribution in [0.2, 0.25) is 0 Å². The molecule has 35 heavy (non-hydrogen) atoms. The van der Waals surface area contributed by atoms with Gasteiger partial charge in [-0.1, -0.05) is 55.0 Å². The predicted octanol–water partition coefficient (Wildman–Crippen LogP) is 5.94. The number of hydrogen-bond acceptors (Lipinski definition) is 6. The van der Waals surface area contributed by atoms with Crippen molar-refractivity contribution in [3.63, 3.8) is 0 Å². The molecule has 4 rings (SSSR count). The molecule has 2 atom stereocenters. The molecule has 0 saturated carbocycles. The Morgan fingerprint density at radius 1 is 1.09 bits per heavy atom. The zero-order valence-corrected chi connectivity index (χ0v) is 21.2. The van der Waals surface area contributed by atoms with Gasteiger partial charge in [-0.25, -0.2) is 9.59 Å². The first-order valence-electron chi connectivity index (χ1n) is 12.1. The molecule has 0 bridgehead atoms. The van der Waals surface area contributed by atoms with Gasteiger partial charge >= 0.3 is 11.9 Å². The van der Waals surface area contributed by atoms with E-state index >= 15 is 0 Å². The molecule has 0 aliphatic heterocycles. The van der Waals surface area contributed by atoms with Crippen molar-refractivity contribution in [1.82, 2.24) is 0 Å². The zero-order chi connectivity index (χ0) is 24.9. The summed E-state index contributed by atoms with van der Waals surface area (Å²) in [5.41, 5.74) is 3.69. The minimum absolute atomic E-state index is 0.251. The summed E-state index contributed by atoms with van der Waals surface area (Å²) in [6, 6.07) is 8.94. The summed E-state index contributed by atoms with van der Waals surface area (Å²) in [6.07, 6.45) is 6.49. The fourth-order valence-corrected chi connectivity index (χ4v) is 5.83. The molecule has 7 heteroatoms. The second-order valence-corrected chi connectivity index (χ2v) is 10.3. The van der Waals surface area contributed by atoms with Gasteiger partial charge in [0.15, 0.2) is 0 Å². The van der Waals surface area contributed by atoms with Gasteiger partial charge in [0, 0.05) is 16.0 Å². The molecule has 1 aromatic heterocycles. The molecular formula is C28H31NO5S. The lowest BCUT2D eigenvalue weighted by Gasteiger charge is -2.20. The third-order valence-corrected chi connectivity index (χ3v) is 7.58. The lowest BCUT2D eigenvalue weighted by Crippen LogP contribution is -2.27. The summed E-state index contributed by atoms with van der Waals surface area (Å²) in [6.45, 7) is 6.22. The molecule has 0 spiro atoms.